The Hall–Kier alpha value is -2.49. The van der Waals surface area contributed by atoms with Gasteiger partial charge in [0.25, 0.3) is 0 Å². The van der Waals surface area contributed by atoms with Gasteiger partial charge in [-0.05, 0) is 23.8 Å². The Morgan fingerprint density at radius 1 is 0.958 bits per heavy atom. The first-order chi connectivity index (χ1) is 11.7. The molecule has 2 unspecified atom stereocenters. The van der Waals surface area contributed by atoms with Gasteiger partial charge in [0.15, 0.2) is 11.6 Å². The maximum atomic E-state index is 12.6. The lowest BCUT2D eigenvalue weighted by atomic mass is 10.0. The summed E-state index contributed by atoms with van der Waals surface area (Å²) in [6, 6.07) is 23.5. The molecule has 24 heavy (non-hydrogen) atoms. The maximum absolute atomic E-state index is 12.6. The summed E-state index contributed by atoms with van der Waals surface area (Å²) in [5.74, 6) is -0.945. The number of carbonyl (C=O) groups excluding carboxylic acids is 1. The van der Waals surface area contributed by atoms with Gasteiger partial charge in [-0.1, -0.05) is 66.7 Å². The summed E-state index contributed by atoms with van der Waals surface area (Å²) >= 11 is 0. The predicted molar refractivity (Wildman–Crippen MR) is 92.9 cm³/mol. The highest BCUT2D eigenvalue weighted by molar-refractivity contribution is 5.99. The van der Waals surface area contributed by atoms with Crippen LogP contribution in [0.1, 0.15) is 22.8 Å². The molecular formula is C21H18O3. The minimum absolute atomic E-state index is 0.0416. The zero-order valence-corrected chi connectivity index (χ0v) is 13.4. The number of benzene rings is 3. The van der Waals surface area contributed by atoms with Gasteiger partial charge in [-0.15, -0.1) is 0 Å². The van der Waals surface area contributed by atoms with Gasteiger partial charge in [0, 0.05) is 11.1 Å². The van der Waals surface area contributed by atoms with E-state index in [2.05, 4.69) is 24.3 Å². The van der Waals surface area contributed by atoms with E-state index in [0.29, 0.717) is 5.56 Å². The van der Waals surface area contributed by atoms with Crippen molar-refractivity contribution in [1.82, 2.24) is 0 Å². The molecule has 4 rings (SSSR count). The summed E-state index contributed by atoms with van der Waals surface area (Å²) in [4.78, 5) is 12.6. The monoisotopic (exact) mass is 318 g/mol. The third-order valence-corrected chi connectivity index (χ3v) is 4.50. The number of rotatable bonds is 3. The number of fused-ring (bicyclic) bond motifs is 1. The molecule has 3 aromatic rings. The second kappa shape index (κ2) is 5.86. The fourth-order valence-electron chi connectivity index (χ4n) is 3.11. The van der Waals surface area contributed by atoms with Crippen molar-refractivity contribution in [2.24, 2.45) is 0 Å². The minimum Gasteiger partial charge on any atom is -0.343 e. The van der Waals surface area contributed by atoms with Crippen LogP contribution in [0.5, 0.6) is 0 Å². The van der Waals surface area contributed by atoms with Crippen LogP contribution in [0, 0.1) is 0 Å². The summed E-state index contributed by atoms with van der Waals surface area (Å²) in [5, 5.41) is 2.29. The smallest absolute Gasteiger partial charge is 0.194 e. The van der Waals surface area contributed by atoms with E-state index in [0.717, 1.165) is 10.9 Å². The number of ether oxygens (including phenoxy) is 2. The van der Waals surface area contributed by atoms with Crippen molar-refractivity contribution in [2.75, 3.05) is 6.61 Å². The van der Waals surface area contributed by atoms with Crippen molar-refractivity contribution in [3.8, 4) is 0 Å². The minimum atomic E-state index is -0.904. The molecule has 0 spiro atoms. The van der Waals surface area contributed by atoms with Crippen molar-refractivity contribution >= 4 is 16.6 Å². The average molecular weight is 318 g/mol. The second-order valence-electron chi connectivity index (χ2n) is 6.16. The van der Waals surface area contributed by atoms with Gasteiger partial charge in [-0.2, -0.15) is 0 Å². The highest BCUT2D eigenvalue weighted by Gasteiger charge is 2.42. The molecule has 1 heterocycles. The third kappa shape index (κ3) is 2.62. The zero-order chi connectivity index (χ0) is 16.6. The quantitative estimate of drug-likeness (QED) is 0.675. The van der Waals surface area contributed by atoms with E-state index in [-0.39, 0.29) is 12.4 Å². The largest absolute Gasteiger partial charge is 0.343 e. The maximum Gasteiger partial charge on any atom is 0.194 e. The van der Waals surface area contributed by atoms with Crippen molar-refractivity contribution in [3.05, 3.63) is 83.9 Å². The predicted octanol–water partition coefficient (Wildman–Crippen LogP) is 4.31. The van der Waals surface area contributed by atoms with Crippen molar-refractivity contribution in [1.29, 1.82) is 0 Å². The fraction of sp³-hybridized carbons (Fsp3) is 0.190. The van der Waals surface area contributed by atoms with Crippen LogP contribution in [0.3, 0.4) is 0 Å². The fourth-order valence-corrected chi connectivity index (χ4v) is 3.11. The molecular weight excluding hydrogens is 300 g/mol. The molecule has 3 nitrogen and oxygen atoms in total. The Morgan fingerprint density at radius 3 is 2.46 bits per heavy atom. The van der Waals surface area contributed by atoms with E-state index in [1.54, 1.807) is 12.1 Å². The van der Waals surface area contributed by atoms with E-state index < -0.39 is 11.9 Å². The molecule has 3 aromatic carbocycles. The SMILES string of the molecule is CC1(c2ccc3ccccc3c2)OCC(C(=O)c2ccccc2)O1. The summed E-state index contributed by atoms with van der Waals surface area (Å²) in [7, 11) is 0. The van der Waals surface area contributed by atoms with E-state index in [4.69, 9.17) is 9.47 Å². The Morgan fingerprint density at radius 2 is 1.67 bits per heavy atom. The van der Waals surface area contributed by atoms with Crippen LogP contribution < -0.4 is 0 Å². The topological polar surface area (TPSA) is 35.5 Å². The Labute approximate surface area is 140 Å². The van der Waals surface area contributed by atoms with Crippen LogP contribution in [0.15, 0.2) is 72.8 Å². The first-order valence-corrected chi connectivity index (χ1v) is 8.06. The van der Waals surface area contributed by atoms with Gasteiger partial charge >= 0.3 is 0 Å². The third-order valence-electron chi connectivity index (χ3n) is 4.50. The van der Waals surface area contributed by atoms with Gasteiger partial charge in [0.05, 0.1) is 6.61 Å². The number of hydrogen-bond donors (Lipinski definition) is 0. The molecule has 0 bridgehead atoms. The van der Waals surface area contributed by atoms with Crippen LogP contribution >= 0.6 is 0 Å². The van der Waals surface area contributed by atoms with Crippen molar-refractivity contribution in [3.63, 3.8) is 0 Å². The van der Waals surface area contributed by atoms with E-state index >= 15 is 0 Å². The van der Waals surface area contributed by atoms with Crippen LogP contribution in [-0.4, -0.2) is 18.5 Å². The summed E-state index contributed by atoms with van der Waals surface area (Å²) in [5.41, 5.74) is 1.57. The number of ketones is 1. The molecule has 1 fully saturated rings. The molecule has 0 saturated carbocycles. The summed E-state index contributed by atoms with van der Waals surface area (Å²) in [6.07, 6.45) is -0.580. The zero-order valence-electron chi connectivity index (χ0n) is 13.4. The Balaban J connectivity index is 1.60. The molecule has 0 aromatic heterocycles. The Bertz CT molecular complexity index is 888. The van der Waals surface area contributed by atoms with Gasteiger partial charge in [-0.3, -0.25) is 4.79 Å². The van der Waals surface area contributed by atoms with Gasteiger partial charge in [0.1, 0.15) is 6.10 Å². The molecule has 120 valence electrons. The lowest BCUT2D eigenvalue weighted by Crippen LogP contribution is -2.27. The molecule has 0 aliphatic carbocycles. The van der Waals surface area contributed by atoms with E-state index in [9.17, 15) is 4.79 Å². The first-order valence-electron chi connectivity index (χ1n) is 8.06. The molecule has 1 aliphatic heterocycles. The van der Waals surface area contributed by atoms with Gasteiger partial charge < -0.3 is 9.47 Å². The van der Waals surface area contributed by atoms with Gasteiger partial charge in [-0.25, -0.2) is 0 Å². The van der Waals surface area contributed by atoms with Crippen LogP contribution in [0.4, 0.5) is 0 Å². The number of carbonyl (C=O) groups is 1. The van der Waals surface area contributed by atoms with Crippen molar-refractivity contribution in [2.45, 2.75) is 18.8 Å². The summed E-state index contributed by atoms with van der Waals surface area (Å²) < 4.78 is 11.9. The highest BCUT2D eigenvalue weighted by Crippen LogP contribution is 2.36. The van der Waals surface area contributed by atoms with Crippen LogP contribution in [0.25, 0.3) is 10.8 Å². The summed E-state index contributed by atoms with van der Waals surface area (Å²) in [6.45, 7) is 2.13. The number of hydrogen-bond acceptors (Lipinski definition) is 3. The number of Topliss-reactive ketones (excluding diaryl/α,β-unsaturated/α-hetero) is 1. The highest BCUT2D eigenvalue weighted by atomic mass is 16.7. The van der Waals surface area contributed by atoms with Crippen molar-refractivity contribution < 1.29 is 14.3 Å². The lowest BCUT2D eigenvalue weighted by Gasteiger charge is -2.24. The molecule has 1 aliphatic rings. The molecule has 1 saturated heterocycles. The van der Waals surface area contributed by atoms with Crippen LogP contribution in [0.2, 0.25) is 0 Å². The Kier molecular flexibility index (Phi) is 3.68. The molecule has 3 heteroatoms. The molecule has 0 radical (unpaired) electrons. The van der Waals surface area contributed by atoms with Crippen LogP contribution in [-0.2, 0) is 15.3 Å². The van der Waals surface area contributed by atoms with E-state index in [1.165, 1.54) is 5.39 Å². The molecule has 0 amide bonds. The standard InChI is InChI=1S/C21H18O3/c1-21(18-12-11-15-7-5-6-10-17(15)13-18)23-14-19(24-21)20(22)16-8-3-2-4-9-16/h2-13,19H,14H2,1H3. The second-order valence-corrected chi connectivity index (χ2v) is 6.16. The average Bonchev–Trinajstić information content (AvgIpc) is 3.05. The van der Waals surface area contributed by atoms with E-state index in [1.807, 2.05) is 43.3 Å². The molecule has 2 atom stereocenters. The lowest BCUT2D eigenvalue weighted by molar-refractivity contribution is -0.157. The first kappa shape index (κ1) is 15.1. The normalized spacial score (nSPS) is 23.5. The molecule has 0 N–H and O–H groups in total. The van der Waals surface area contributed by atoms with Gasteiger partial charge in [0.2, 0.25) is 0 Å².